The van der Waals surface area contributed by atoms with Gasteiger partial charge in [0.15, 0.2) is 5.16 Å². The van der Waals surface area contributed by atoms with E-state index in [9.17, 15) is 4.79 Å². The fourth-order valence-corrected chi connectivity index (χ4v) is 6.60. The van der Waals surface area contributed by atoms with Gasteiger partial charge in [0.25, 0.3) is 5.91 Å². The Balaban J connectivity index is 1.10. The number of thiazole rings is 1. The van der Waals surface area contributed by atoms with Crippen LogP contribution in [0, 0.1) is 0 Å². The van der Waals surface area contributed by atoms with Gasteiger partial charge in [0.1, 0.15) is 22.3 Å². The van der Waals surface area contributed by atoms with Gasteiger partial charge >= 0.3 is 0 Å². The average molecular weight is 583 g/mol. The van der Waals surface area contributed by atoms with Crippen molar-refractivity contribution in [1.29, 1.82) is 0 Å². The molecule has 0 N–H and O–H groups in total. The summed E-state index contributed by atoms with van der Waals surface area (Å²) in [5.41, 5.74) is 3.86. The van der Waals surface area contributed by atoms with Crippen LogP contribution in [0.4, 0.5) is 5.69 Å². The smallest absolute Gasteiger partial charge is 0.273 e. The molecule has 10 heteroatoms. The Kier molecular flexibility index (Phi) is 8.29. The van der Waals surface area contributed by atoms with Crippen molar-refractivity contribution < 1.29 is 9.53 Å². The first-order valence-corrected chi connectivity index (χ1v) is 15.3. The summed E-state index contributed by atoms with van der Waals surface area (Å²) in [7, 11) is 1.67. The molecule has 3 aromatic carbocycles. The van der Waals surface area contributed by atoms with Gasteiger partial charge in [-0.15, -0.1) is 21.5 Å². The highest BCUT2D eigenvalue weighted by molar-refractivity contribution is 7.98. The Morgan fingerprint density at radius 2 is 1.59 bits per heavy atom. The fraction of sp³-hybridized carbons (Fsp3) is 0.226. The minimum Gasteiger partial charge on any atom is -0.497 e. The monoisotopic (exact) mass is 582 g/mol. The van der Waals surface area contributed by atoms with Crippen LogP contribution in [0.2, 0.25) is 0 Å². The normalized spacial score (nSPS) is 13.4. The Hall–Kier alpha value is -4.15. The van der Waals surface area contributed by atoms with Gasteiger partial charge in [-0.25, -0.2) is 4.98 Å². The molecule has 6 rings (SSSR count). The molecule has 1 aliphatic heterocycles. The van der Waals surface area contributed by atoms with Crippen LogP contribution in [0.25, 0.3) is 5.69 Å². The number of ether oxygens (including phenoxy) is 1. The molecule has 208 valence electrons. The number of anilines is 1. The summed E-state index contributed by atoms with van der Waals surface area (Å²) < 4.78 is 7.37. The highest BCUT2D eigenvalue weighted by Gasteiger charge is 2.24. The van der Waals surface area contributed by atoms with Crippen LogP contribution >= 0.6 is 23.1 Å². The number of piperazine rings is 1. The summed E-state index contributed by atoms with van der Waals surface area (Å²) >= 11 is 3.10. The number of para-hydroxylation sites is 1. The second kappa shape index (κ2) is 12.6. The molecule has 1 aliphatic rings. The number of rotatable bonds is 9. The van der Waals surface area contributed by atoms with E-state index in [1.807, 2.05) is 58.8 Å². The van der Waals surface area contributed by atoms with Gasteiger partial charge in [-0.1, -0.05) is 60.3 Å². The lowest BCUT2D eigenvalue weighted by Gasteiger charge is -2.35. The van der Waals surface area contributed by atoms with Gasteiger partial charge in [0, 0.05) is 49.4 Å². The molecule has 1 saturated heterocycles. The van der Waals surface area contributed by atoms with Gasteiger partial charge < -0.3 is 14.5 Å². The van der Waals surface area contributed by atoms with Crippen molar-refractivity contribution in [2.24, 2.45) is 0 Å². The molecule has 2 aromatic heterocycles. The molecule has 0 aliphatic carbocycles. The van der Waals surface area contributed by atoms with E-state index < -0.39 is 0 Å². The number of methoxy groups -OCH3 is 1. The minimum absolute atomic E-state index is 0.00974. The standard InChI is InChI=1S/C31H30N6O2S2/c1-39-26-14-12-24(13-15-26)35-16-18-36(19-17-35)30(38)27-21-40-29(32-27)22-41-31-34-33-28(20-23-8-4-2-5-9-23)37(31)25-10-6-3-7-11-25/h2-15,21H,16-20,22H2,1H3. The highest BCUT2D eigenvalue weighted by Crippen LogP contribution is 2.28. The number of hydrogen-bond acceptors (Lipinski definition) is 8. The maximum Gasteiger partial charge on any atom is 0.273 e. The summed E-state index contributed by atoms with van der Waals surface area (Å²) in [5.74, 6) is 2.32. The molecular formula is C31H30N6O2S2. The second-order valence-electron chi connectivity index (χ2n) is 9.62. The zero-order chi connectivity index (χ0) is 28.0. The third kappa shape index (κ3) is 6.28. The minimum atomic E-state index is -0.00974. The van der Waals surface area contributed by atoms with E-state index in [0.29, 0.717) is 31.0 Å². The predicted molar refractivity (Wildman–Crippen MR) is 163 cm³/mol. The lowest BCUT2D eigenvalue weighted by Crippen LogP contribution is -2.48. The van der Waals surface area contributed by atoms with Crippen molar-refractivity contribution in [1.82, 2.24) is 24.6 Å². The summed E-state index contributed by atoms with van der Waals surface area (Å²) in [6, 6.07) is 28.5. The van der Waals surface area contributed by atoms with Crippen LogP contribution in [0.15, 0.2) is 95.5 Å². The third-order valence-corrected chi connectivity index (χ3v) is 8.99. The molecular weight excluding hydrogens is 553 g/mol. The van der Waals surface area contributed by atoms with E-state index in [-0.39, 0.29) is 5.91 Å². The Labute approximate surface area is 247 Å². The first kappa shape index (κ1) is 27.0. The zero-order valence-electron chi connectivity index (χ0n) is 22.7. The molecule has 5 aromatic rings. The van der Waals surface area contributed by atoms with E-state index in [0.717, 1.165) is 46.2 Å². The van der Waals surface area contributed by atoms with E-state index in [1.54, 1.807) is 18.9 Å². The SMILES string of the molecule is COc1ccc(N2CCN(C(=O)c3csc(CSc4nnc(Cc5ccccc5)n4-c4ccccc4)n3)CC2)cc1. The largest absolute Gasteiger partial charge is 0.497 e. The quantitative estimate of drug-likeness (QED) is 0.210. The van der Waals surface area contributed by atoms with Crippen LogP contribution in [0.1, 0.15) is 26.9 Å². The molecule has 0 unspecified atom stereocenters. The Bertz CT molecular complexity index is 1580. The van der Waals surface area contributed by atoms with Crippen molar-refractivity contribution in [2.75, 3.05) is 38.2 Å². The second-order valence-corrected chi connectivity index (χ2v) is 11.5. The summed E-state index contributed by atoms with van der Waals surface area (Å²) in [6.45, 7) is 2.89. The zero-order valence-corrected chi connectivity index (χ0v) is 24.4. The predicted octanol–water partition coefficient (Wildman–Crippen LogP) is 5.58. The molecule has 0 saturated carbocycles. The Morgan fingerprint density at radius 1 is 0.878 bits per heavy atom. The summed E-state index contributed by atoms with van der Waals surface area (Å²) in [5, 5.41) is 12.6. The van der Waals surface area contributed by atoms with Crippen LogP contribution in [-0.4, -0.2) is 63.8 Å². The number of benzene rings is 3. The van der Waals surface area contributed by atoms with Gasteiger partial charge in [0.2, 0.25) is 0 Å². The number of nitrogens with zero attached hydrogens (tertiary/aromatic N) is 6. The molecule has 0 atom stereocenters. The van der Waals surface area contributed by atoms with Crippen LogP contribution in [-0.2, 0) is 12.2 Å². The molecule has 0 radical (unpaired) electrons. The average Bonchev–Trinajstić information content (AvgIpc) is 3.68. The molecule has 0 bridgehead atoms. The molecule has 1 fully saturated rings. The maximum atomic E-state index is 13.2. The van der Waals surface area contributed by atoms with Crippen LogP contribution in [0.5, 0.6) is 5.75 Å². The number of carbonyl (C=O) groups excluding carboxylic acids is 1. The van der Waals surface area contributed by atoms with Crippen LogP contribution < -0.4 is 9.64 Å². The van der Waals surface area contributed by atoms with Gasteiger partial charge in [-0.05, 0) is 42.0 Å². The van der Waals surface area contributed by atoms with Gasteiger partial charge in [0.05, 0.1) is 12.9 Å². The molecule has 41 heavy (non-hydrogen) atoms. The number of aromatic nitrogens is 4. The molecule has 1 amide bonds. The number of amides is 1. The number of thioether (sulfide) groups is 1. The van der Waals surface area contributed by atoms with E-state index in [4.69, 9.17) is 9.72 Å². The van der Waals surface area contributed by atoms with Crippen molar-refractivity contribution >= 4 is 34.7 Å². The molecule has 8 nitrogen and oxygen atoms in total. The molecule has 3 heterocycles. The Morgan fingerprint density at radius 3 is 2.29 bits per heavy atom. The van der Waals surface area contributed by atoms with Crippen molar-refractivity contribution in [3.63, 3.8) is 0 Å². The number of carbonyl (C=O) groups is 1. The van der Waals surface area contributed by atoms with Crippen LogP contribution in [0.3, 0.4) is 0 Å². The van der Waals surface area contributed by atoms with E-state index >= 15 is 0 Å². The van der Waals surface area contributed by atoms with Crippen molar-refractivity contribution in [2.45, 2.75) is 17.3 Å². The maximum absolute atomic E-state index is 13.2. The topological polar surface area (TPSA) is 76.4 Å². The number of hydrogen-bond donors (Lipinski definition) is 0. The first-order valence-electron chi connectivity index (χ1n) is 13.5. The van der Waals surface area contributed by atoms with E-state index in [1.165, 1.54) is 16.9 Å². The van der Waals surface area contributed by atoms with Crippen molar-refractivity contribution in [3.8, 4) is 11.4 Å². The first-order chi connectivity index (χ1) is 20.2. The summed E-state index contributed by atoms with van der Waals surface area (Å²) in [6.07, 6.45) is 0.685. The van der Waals surface area contributed by atoms with Gasteiger partial charge in [-0.2, -0.15) is 0 Å². The van der Waals surface area contributed by atoms with Crippen molar-refractivity contribution in [3.05, 3.63) is 112 Å². The van der Waals surface area contributed by atoms with E-state index in [2.05, 4.69) is 56.1 Å². The lowest BCUT2D eigenvalue weighted by molar-refractivity contribution is 0.0741. The lowest BCUT2D eigenvalue weighted by atomic mass is 10.1. The van der Waals surface area contributed by atoms with Gasteiger partial charge in [-0.3, -0.25) is 9.36 Å². The third-order valence-electron chi connectivity index (χ3n) is 7.02. The molecule has 0 spiro atoms. The fourth-order valence-electron chi connectivity index (χ4n) is 4.85. The summed E-state index contributed by atoms with van der Waals surface area (Å²) in [4.78, 5) is 22.1. The highest BCUT2D eigenvalue weighted by atomic mass is 32.2.